The first kappa shape index (κ1) is 14.7. The molecule has 0 aliphatic heterocycles. The Hall–Kier alpha value is -1.39. The van der Waals surface area contributed by atoms with E-state index >= 15 is 0 Å². The second kappa shape index (κ2) is 5.50. The van der Waals surface area contributed by atoms with E-state index in [0.717, 1.165) is 5.56 Å². The lowest BCUT2D eigenvalue weighted by molar-refractivity contribution is -0.877. The van der Waals surface area contributed by atoms with Gasteiger partial charge in [0, 0.05) is 6.42 Å². The fraction of sp³-hybridized carbons (Fsp3) is 0.500. The molecule has 0 saturated heterocycles. The number of hydrogen-bond acceptors (Lipinski definition) is 2. The third-order valence-electron chi connectivity index (χ3n) is 2.62. The Bertz CT molecular complexity index is 397. The number of benzene rings is 1. The maximum atomic E-state index is 10.9. The van der Waals surface area contributed by atoms with Crippen LogP contribution < -0.4 is 0 Å². The molecule has 2 N–H and O–H groups in total. The van der Waals surface area contributed by atoms with Crippen LogP contribution in [0.15, 0.2) is 30.3 Å². The van der Waals surface area contributed by atoms with Crippen LogP contribution in [0, 0.1) is 0 Å². The van der Waals surface area contributed by atoms with Crippen molar-refractivity contribution in [3.63, 3.8) is 0 Å². The summed E-state index contributed by atoms with van der Waals surface area (Å²) < 4.78 is 0.524. The molecule has 4 nitrogen and oxygen atoms in total. The zero-order valence-electron chi connectivity index (χ0n) is 11.3. The SMILES string of the molecule is C[N+](C)(C)C[C@](O)(CC(=O)O)Cc1ccccc1. The first-order valence-electron chi connectivity index (χ1n) is 5.99. The highest BCUT2D eigenvalue weighted by Gasteiger charge is 2.36. The minimum atomic E-state index is -1.22. The van der Waals surface area contributed by atoms with Crippen LogP contribution >= 0.6 is 0 Å². The molecule has 1 rings (SSSR count). The molecular formula is C14H22NO3+. The number of likely N-dealkylation sites (N-methyl/N-ethyl adjacent to an activating group) is 1. The van der Waals surface area contributed by atoms with E-state index in [1.54, 1.807) is 0 Å². The van der Waals surface area contributed by atoms with E-state index in [0.29, 0.717) is 17.4 Å². The summed E-state index contributed by atoms with van der Waals surface area (Å²) in [5, 5.41) is 19.5. The fourth-order valence-electron chi connectivity index (χ4n) is 2.31. The van der Waals surface area contributed by atoms with E-state index < -0.39 is 11.6 Å². The highest BCUT2D eigenvalue weighted by molar-refractivity contribution is 5.68. The summed E-state index contributed by atoms with van der Waals surface area (Å²) in [6.07, 6.45) is 0.118. The number of rotatable bonds is 6. The largest absolute Gasteiger partial charge is 0.481 e. The first-order chi connectivity index (χ1) is 8.20. The predicted molar refractivity (Wildman–Crippen MR) is 70.2 cm³/mol. The minimum absolute atomic E-state index is 0.239. The number of aliphatic hydroxyl groups is 1. The minimum Gasteiger partial charge on any atom is -0.481 e. The lowest BCUT2D eigenvalue weighted by atomic mass is 9.90. The number of carboxylic acid groups (broad SMARTS) is 1. The molecule has 1 aromatic carbocycles. The molecule has 0 unspecified atom stereocenters. The highest BCUT2D eigenvalue weighted by Crippen LogP contribution is 2.20. The van der Waals surface area contributed by atoms with Gasteiger partial charge in [-0.3, -0.25) is 4.79 Å². The lowest BCUT2D eigenvalue weighted by Gasteiger charge is -2.34. The quantitative estimate of drug-likeness (QED) is 0.746. The molecule has 0 saturated carbocycles. The summed E-state index contributed by atoms with van der Waals surface area (Å²) in [7, 11) is 5.83. The van der Waals surface area contributed by atoms with Gasteiger partial charge in [-0.15, -0.1) is 0 Å². The summed E-state index contributed by atoms with van der Waals surface area (Å²) in [5.74, 6) is -0.970. The molecule has 18 heavy (non-hydrogen) atoms. The van der Waals surface area contributed by atoms with Crippen molar-refractivity contribution in [2.24, 2.45) is 0 Å². The standard InChI is InChI=1S/C14H21NO3/c1-15(2,3)11-14(18,10-13(16)17)9-12-7-5-4-6-8-12/h4-8,18H,9-11H2,1-3H3/p+1/t14-/m1/s1. The van der Waals surface area contributed by atoms with Crippen LogP contribution in [0.5, 0.6) is 0 Å². The van der Waals surface area contributed by atoms with Gasteiger partial charge in [0.15, 0.2) is 0 Å². The monoisotopic (exact) mass is 252 g/mol. The molecule has 0 aliphatic rings. The summed E-state index contributed by atoms with van der Waals surface area (Å²) in [5.41, 5.74) is -0.263. The zero-order chi connectivity index (χ0) is 13.8. The molecule has 4 heteroatoms. The van der Waals surface area contributed by atoms with Gasteiger partial charge in [-0.1, -0.05) is 30.3 Å². The van der Waals surface area contributed by atoms with Crippen LogP contribution in [0.4, 0.5) is 0 Å². The highest BCUT2D eigenvalue weighted by atomic mass is 16.4. The van der Waals surface area contributed by atoms with E-state index in [1.807, 2.05) is 51.5 Å². The number of aliphatic carboxylic acids is 1. The molecule has 0 amide bonds. The van der Waals surface area contributed by atoms with Gasteiger partial charge in [-0.2, -0.15) is 0 Å². The van der Waals surface area contributed by atoms with Gasteiger partial charge in [0.2, 0.25) is 0 Å². The molecule has 0 fully saturated rings. The Kier molecular flexibility index (Phi) is 4.48. The molecule has 0 aliphatic carbocycles. The van der Waals surface area contributed by atoms with Crippen LogP contribution in [0.25, 0.3) is 0 Å². The second-order valence-corrected chi connectivity index (χ2v) is 5.91. The summed E-state index contributed by atoms with van der Waals surface area (Å²) in [6.45, 7) is 0.397. The molecule has 1 atom stereocenters. The fourth-order valence-corrected chi connectivity index (χ4v) is 2.31. The molecule has 100 valence electrons. The smallest absolute Gasteiger partial charge is 0.306 e. The lowest BCUT2D eigenvalue weighted by Crippen LogP contribution is -2.51. The topological polar surface area (TPSA) is 57.5 Å². The van der Waals surface area contributed by atoms with Crippen molar-refractivity contribution < 1.29 is 19.5 Å². The van der Waals surface area contributed by atoms with Crippen molar-refractivity contribution in [3.8, 4) is 0 Å². The molecule has 0 radical (unpaired) electrons. The zero-order valence-corrected chi connectivity index (χ0v) is 11.3. The van der Waals surface area contributed by atoms with E-state index in [1.165, 1.54) is 0 Å². The summed E-state index contributed by atoms with van der Waals surface area (Å²) >= 11 is 0. The predicted octanol–water partition coefficient (Wildman–Crippen LogP) is 1.14. The molecule has 1 aromatic rings. The second-order valence-electron chi connectivity index (χ2n) is 5.91. The van der Waals surface area contributed by atoms with Gasteiger partial charge >= 0.3 is 5.97 Å². The maximum Gasteiger partial charge on any atom is 0.306 e. The number of nitrogens with zero attached hydrogens (tertiary/aromatic N) is 1. The van der Waals surface area contributed by atoms with Crippen LogP contribution in [0.2, 0.25) is 0 Å². The number of hydrogen-bond donors (Lipinski definition) is 2. The Balaban J connectivity index is 2.87. The average Bonchev–Trinajstić information content (AvgIpc) is 2.13. The van der Waals surface area contributed by atoms with Gasteiger partial charge < -0.3 is 14.7 Å². The van der Waals surface area contributed by atoms with E-state index in [2.05, 4.69) is 0 Å². The van der Waals surface area contributed by atoms with Gasteiger partial charge in [0.05, 0.1) is 27.6 Å². The number of quaternary nitrogens is 1. The van der Waals surface area contributed by atoms with Crippen molar-refractivity contribution in [1.82, 2.24) is 0 Å². The Morgan fingerprint density at radius 2 is 1.78 bits per heavy atom. The van der Waals surface area contributed by atoms with Gasteiger partial charge in [-0.05, 0) is 5.56 Å². The molecule has 0 bridgehead atoms. The normalized spacial score (nSPS) is 15.1. The third-order valence-corrected chi connectivity index (χ3v) is 2.62. The maximum absolute atomic E-state index is 10.9. The Morgan fingerprint density at radius 3 is 2.22 bits per heavy atom. The van der Waals surface area contributed by atoms with Crippen LogP contribution in [-0.2, 0) is 11.2 Å². The van der Waals surface area contributed by atoms with Crippen molar-refractivity contribution in [2.45, 2.75) is 18.4 Å². The average molecular weight is 252 g/mol. The number of carbonyl (C=O) groups is 1. The van der Waals surface area contributed by atoms with Crippen LogP contribution in [-0.4, -0.2) is 54.0 Å². The summed E-state index contributed by atoms with van der Waals surface area (Å²) in [4.78, 5) is 10.9. The van der Waals surface area contributed by atoms with E-state index in [9.17, 15) is 9.90 Å². The summed E-state index contributed by atoms with van der Waals surface area (Å²) in [6, 6.07) is 9.50. The van der Waals surface area contributed by atoms with Gasteiger partial charge in [0.25, 0.3) is 0 Å². The molecule has 0 aromatic heterocycles. The Morgan fingerprint density at radius 1 is 1.22 bits per heavy atom. The van der Waals surface area contributed by atoms with Crippen molar-refractivity contribution in [2.75, 3.05) is 27.7 Å². The first-order valence-corrected chi connectivity index (χ1v) is 5.99. The van der Waals surface area contributed by atoms with Crippen LogP contribution in [0.3, 0.4) is 0 Å². The Labute approximate surface area is 108 Å². The van der Waals surface area contributed by atoms with E-state index in [-0.39, 0.29) is 6.42 Å². The molecule has 0 spiro atoms. The van der Waals surface area contributed by atoms with Gasteiger partial charge in [-0.25, -0.2) is 0 Å². The number of carboxylic acids is 1. The van der Waals surface area contributed by atoms with Crippen molar-refractivity contribution in [1.29, 1.82) is 0 Å². The van der Waals surface area contributed by atoms with Crippen molar-refractivity contribution in [3.05, 3.63) is 35.9 Å². The molecular weight excluding hydrogens is 230 g/mol. The van der Waals surface area contributed by atoms with Crippen LogP contribution in [0.1, 0.15) is 12.0 Å². The van der Waals surface area contributed by atoms with Crippen molar-refractivity contribution >= 4 is 5.97 Å². The van der Waals surface area contributed by atoms with E-state index in [4.69, 9.17) is 5.11 Å². The van der Waals surface area contributed by atoms with Gasteiger partial charge in [0.1, 0.15) is 12.1 Å². The third kappa shape index (κ3) is 5.29. The molecule has 0 heterocycles.